The molecule has 5 nitrogen and oxygen atoms in total. The van der Waals surface area contributed by atoms with Gasteiger partial charge in [-0.2, -0.15) is 0 Å². The van der Waals surface area contributed by atoms with Gasteiger partial charge in [-0.3, -0.25) is 4.79 Å². The number of carbonyl (C=O) groups is 1. The van der Waals surface area contributed by atoms with Gasteiger partial charge < -0.3 is 19.9 Å². The Hall–Kier alpha value is -1.89. The summed E-state index contributed by atoms with van der Waals surface area (Å²) in [6.45, 7) is 8.63. The van der Waals surface area contributed by atoms with Crippen molar-refractivity contribution in [2.75, 3.05) is 44.6 Å². The fraction of sp³-hybridized carbons (Fsp3) is 0.421. The topological polar surface area (TPSA) is 47.2 Å². The number of anilines is 1. The summed E-state index contributed by atoms with van der Waals surface area (Å²) in [5.41, 5.74) is 0.829. The van der Waals surface area contributed by atoms with E-state index >= 15 is 0 Å². The Balaban J connectivity index is 1.40. The highest BCUT2D eigenvalue weighted by atomic mass is 32.1. The fourth-order valence-corrected chi connectivity index (χ4v) is 3.98. The largest absolute Gasteiger partial charge is 0.494 e. The van der Waals surface area contributed by atoms with Crippen LogP contribution < -0.4 is 19.9 Å². The molecule has 1 aromatic carbocycles. The van der Waals surface area contributed by atoms with Crippen LogP contribution in [0.2, 0.25) is 0 Å². The maximum absolute atomic E-state index is 12.3. The first-order valence-corrected chi connectivity index (χ1v) is 9.83. The van der Waals surface area contributed by atoms with E-state index in [2.05, 4.69) is 22.8 Å². The lowest BCUT2D eigenvalue weighted by molar-refractivity contribution is -1.01. The minimum absolute atomic E-state index is 0.0841. The molecule has 2 heterocycles. The number of piperazine rings is 1. The number of thiophene rings is 1. The Morgan fingerprint density at radius 1 is 1.12 bits per heavy atom. The molecule has 25 heavy (non-hydrogen) atoms. The number of carbonyl (C=O) groups excluding carboxylic acids is 1. The molecule has 0 unspecified atom stereocenters. The summed E-state index contributed by atoms with van der Waals surface area (Å²) in [4.78, 5) is 16.7. The third-order valence-electron chi connectivity index (χ3n) is 4.53. The number of hydrogen-bond donors (Lipinski definition) is 3. The molecule has 0 radical (unpaired) electrons. The summed E-state index contributed by atoms with van der Waals surface area (Å²) in [6.07, 6.45) is 0. The van der Waals surface area contributed by atoms with E-state index in [1.807, 2.05) is 42.5 Å². The van der Waals surface area contributed by atoms with Gasteiger partial charge in [0.1, 0.15) is 38.5 Å². The summed E-state index contributed by atoms with van der Waals surface area (Å²) in [6, 6.07) is 11.9. The Morgan fingerprint density at radius 2 is 1.84 bits per heavy atom. The number of ether oxygens (including phenoxy) is 1. The van der Waals surface area contributed by atoms with Gasteiger partial charge >= 0.3 is 0 Å². The van der Waals surface area contributed by atoms with Gasteiger partial charge in [0.15, 0.2) is 6.54 Å². The summed E-state index contributed by atoms with van der Waals surface area (Å²) in [7, 11) is 0. The molecule has 0 atom stereocenters. The number of hydrogen-bond acceptors (Lipinski definition) is 3. The molecule has 1 fully saturated rings. The average molecular weight is 362 g/mol. The molecule has 1 amide bonds. The number of benzene rings is 1. The van der Waals surface area contributed by atoms with Crippen molar-refractivity contribution in [3.8, 4) is 5.75 Å². The molecule has 3 rings (SSSR count). The molecule has 2 aromatic rings. The van der Waals surface area contributed by atoms with Crippen LogP contribution >= 0.6 is 11.3 Å². The molecular weight excluding hydrogens is 334 g/mol. The number of amides is 1. The zero-order chi connectivity index (χ0) is 17.5. The number of quaternary nitrogens is 2. The minimum atomic E-state index is 0.0841. The third kappa shape index (κ3) is 5.56. The van der Waals surface area contributed by atoms with Gasteiger partial charge in [-0.05, 0) is 42.6 Å². The van der Waals surface area contributed by atoms with Crippen LogP contribution in [0.5, 0.6) is 5.75 Å². The quantitative estimate of drug-likeness (QED) is 0.654. The van der Waals surface area contributed by atoms with E-state index in [9.17, 15) is 4.79 Å². The van der Waals surface area contributed by atoms with Crippen molar-refractivity contribution in [3.63, 3.8) is 0 Å². The van der Waals surface area contributed by atoms with E-state index < -0.39 is 0 Å². The van der Waals surface area contributed by atoms with Gasteiger partial charge in [-0.25, -0.2) is 0 Å². The molecule has 134 valence electrons. The zero-order valence-corrected chi connectivity index (χ0v) is 15.5. The molecule has 6 heteroatoms. The monoisotopic (exact) mass is 361 g/mol. The Morgan fingerprint density at radius 3 is 2.48 bits per heavy atom. The van der Waals surface area contributed by atoms with Crippen LogP contribution in [-0.2, 0) is 11.3 Å². The van der Waals surface area contributed by atoms with Crippen LogP contribution in [0.1, 0.15) is 11.8 Å². The summed E-state index contributed by atoms with van der Waals surface area (Å²) >= 11 is 1.83. The van der Waals surface area contributed by atoms with Crippen molar-refractivity contribution >= 4 is 22.9 Å². The SMILES string of the molecule is CCOc1ccc(NC(=O)C[NH+]2CC[NH+](Cc3cccs3)CC2)cc1. The van der Waals surface area contributed by atoms with Crippen molar-refractivity contribution in [2.24, 2.45) is 0 Å². The molecule has 1 aliphatic rings. The summed E-state index contributed by atoms with van der Waals surface area (Å²) < 4.78 is 5.42. The van der Waals surface area contributed by atoms with E-state index in [0.29, 0.717) is 13.2 Å². The predicted octanol–water partition coefficient (Wildman–Crippen LogP) is 0.0689. The van der Waals surface area contributed by atoms with E-state index in [-0.39, 0.29) is 5.91 Å². The molecule has 0 aliphatic carbocycles. The fourth-order valence-electron chi connectivity index (χ4n) is 3.20. The lowest BCUT2D eigenvalue weighted by Gasteiger charge is -2.29. The summed E-state index contributed by atoms with van der Waals surface area (Å²) in [5, 5.41) is 5.13. The highest BCUT2D eigenvalue weighted by Crippen LogP contribution is 2.15. The second-order valence-corrected chi connectivity index (χ2v) is 7.47. The Labute approximate surface area is 153 Å². The van der Waals surface area contributed by atoms with Gasteiger partial charge in [-0.1, -0.05) is 6.07 Å². The van der Waals surface area contributed by atoms with Crippen LogP contribution in [0.25, 0.3) is 0 Å². The lowest BCUT2D eigenvalue weighted by atomic mass is 10.2. The van der Waals surface area contributed by atoms with E-state index in [0.717, 1.165) is 44.2 Å². The first-order chi connectivity index (χ1) is 12.2. The molecule has 1 aromatic heterocycles. The van der Waals surface area contributed by atoms with Gasteiger partial charge in [0.25, 0.3) is 5.91 Å². The molecule has 1 aliphatic heterocycles. The van der Waals surface area contributed by atoms with Crippen LogP contribution in [0, 0.1) is 0 Å². The van der Waals surface area contributed by atoms with Crippen molar-refractivity contribution in [2.45, 2.75) is 13.5 Å². The molecule has 0 saturated carbocycles. The maximum atomic E-state index is 12.3. The average Bonchev–Trinajstić information content (AvgIpc) is 3.12. The maximum Gasteiger partial charge on any atom is 0.279 e. The second-order valence-electron chi connectivity index (χ2n) is 6.44. The van der Waals surface area contributed by atoms with Crippen LogP contribution in [0.15, 0.2) is 41.8 Å². The van der Waals surface area contributed by atoms with E-state index in [1.165, 1.54) is 9.78 Å². The van der Waals surface area contributed by atoms with Crippen molar-refractivity contribution < 1.29 is 19.3 Å². The molecule has 0 spiro atoms. The third-order valence-corrected chi connectivity index (χ3v) is 5.40. The van der Waals surface area contributed by atoms with Crippen LogP contribution in [-0.4, -0.2) is 45.2 Å². The standard InChI is InChI=1S/C19H25N3O2S/c1-2-24-17-7-5-16(6-8-17)20-19(23)15-22-11-9-21(10-12-22)14-18-4-3-13-25-18/h3-8,13H,2,9-12,14-15H2,1H3,(H,20,23)/p+2. The van der Waals surface area contributed by atoms with Gasteiger partial charge in [0, 0.05) is 5.69 Å². The van der Waals surface area contributed by atoms with Crippen LogP contribution in [0.4, 0.5) is 5.69 Å². The minimum Gasteiger partial charge on any atom is -0.494 e. The number of rotatable bonds is 7. The number of nitrogens with one attached hydrogen (secondary N) is 3. The Bertz CT molecular complexity index is 650. The lowest BCUT2D eigenvalue weighted by Crippen LogP contribution is -3.28. The zero-order valence-electron chi connectivity index (χ0n) is 14.7. The van der Waals surface area contributed by atoms with Gasteiger partial charge in [-0.15, -0.1) is 11.3 Å². The molecular formula is C19H27N3O2S+2. The second kappa shape index (κ2) is 8.99. The van der Waals surface area contributed by atoms with Crippen molar-refractivity contribution in [1.82, 2.24) is 0 Å². The first-order valence-electron chi connectivity index (χ1n) is 8.95. The van der Waals surface area contributed by atoms with E-state index in [1.54, 1.807) is 4.90 Å². The van der Waals surface area contributed by atoms with E-state index in [4.69, 9.17) is 4.74 Å². The van der Waals surface area contributed by atoms with Gasteiger partial charge in [0.05, 0.1) is 11.5 Å². The van der Waals surface area contributed by atoms with Crippen molar-refractivity contribution in [1.29, 1.82) is 0 Å². The molecule has 3 N–H and O–H groups in total. The van der Waals surface area contributed by atoms with Crippen molar-refractivity contribution in [3.05, 3.63) is 46.7 Å². The predicted molar refractivity (Wildman–Crippen MR) is 101 cm³/mol. The summed E-state index contributed by atoms with van der Waals surface area (Å²) in [5.74, 6) is 0.914. The molecule has 0 bridgehead atoms. The Kier molecular flexibility index (Phi) is 6.44. The van der Waals surface area contributed by atoms with Crippen LogP contribution in [0.3, 0.4) is 0 Å². The molecule has 1 saturated heterocycles. The first kappa shape index (κ1) is 17.9. The highest BCUT2D eigenvalue weighted by molar-refractivity contribution is 7.09. The highest BCUT2D eigenvalue weighted by Gasteiger charge is 2.25. The smallest absolute Gasteiger partial charge is 0.279 e. The van der Waals surface area contributed by atoms with Gasteiger partial charge in [0.2, 0.25) is 0 Å². The normalized spacial score (nSPS) is 20.2.